The summed E-state index contributed by atoms with van der Waals surface area (Å²) in [6.07, 6.45) is 0. The lowest BCUT2D eigenvalue weighted by molar-refractivity contribution is 0.0997. The molecule has 0 saturated carbocycles. The predicted octanol–water partition coefficient (Wildman–Crippen LogP) is 3.21. The van der Waals surface area contributed by atoms with Crippen molar-refractivity contribution >= 4 is 16.8 Å². The molecule has 0 bridgehead atoms. The Morgan fingerprint density at radius 2 is 1.85 bits per heavy atom. The van der Waals surface area contributed by atoms with E-state index in [9.17, 15) is 13.6 Å². The minimum atomic E-state index is -0.722. The van der Waals surface area contributed by atoms with Crippen LogP contribution in [0.2, 0.25) is 0 Å². The van der Waals surface area contributed by atoms with Crippen LogP contribution in [0.25, 0.3) is 22.0 Å². The number of benzene rings is 2. The standard InChI is InChI=1S/C15H10F2N2O/c16-8-5-6-10-12(7-8)19-14(15(18)20)13(10)9-3-1-2-4-11(9)17/h1-7,19H,(H2,18,20). The van der Waals surface area contributed by atoms with E-state index in [-0.39, 0.29) is 11.3 Å². The fourth-order valence-electron chi connectivity index (χ4n) is 2.30. The fourth-order valence-corrected chi connectivity index (χ4v) is 2.30. The van der Waals surface area contributed by atoms with E-state index in [1.54, 1.807) is 18.2 Å². The van der Waals surface area contributed by atoms with E-state index >= 15 is 0 Å². The number of aromatic nitrogens is 1. The number of nitrogens with two attached hydrogens (primary N) is 1. The largest absolute Gasteiger partial charge is 0.364 e. The van der Waals surface area contributed by atoms with Crippen molar-refractivity contribution in [2.75, 3.05) is 0 Å². The molecule has 100 valence electrons. The van der Waals surface area contributed by atoms with Crippen molar-refractivity contribution in [3.63, 3.8) is 0 Å². The van der Waals surface area contributed by atoms with E-state index in [0.29, 0.717) is 16.5 Å². The number of carbonyl (C=O) groups is 1. The molecule has 1 aromatic heterocycles. The smallest absolute Gasteiger partial charge is 0.265 e. The average molecular weight is 272 g/mol. The molecule has 1 amide bonds. The summed E-state index contributed by atoms with van der Waals surface area (Å²) in [5.41, 5.74) is 6.38. The molecule has 0 radical (unpaired) electrons. The summed E-state index contributed by atoms with van der Waals surface area (Å²) in [6.45, 7) is 0. The third kappa shape index (κ3) is 1.84. The van der Waals surface area contributed by atoms with Gasteiger partial charge in [-0.05, 0) is 24.3 Å². The summed E-state index contributed by atoms with van der Waals surface area (Å²) in [7, 11) is 0. The first kappa shape index (κ1) is 12.3. The molecule has 3 aromatic rings. The van der Waals surface area contributed by atoms with Crippen LogP contribution in [-0.2, 0) is 0 Å². The minimum Gasteiger partial charge on any atom is -0.364 e. The van der Waals surface area contributed by atoms with E-state index in [0.717, 1.165) is 0 Å². The van der Waals surface area contributed by atoms with Crippen LogP contribution in [0.4, 0.5) is 8.78 Å². The maximum Gasteiger partial charge on any atom is 0.265 e. The van der Waals surface area contributed by atoms with Crippen molar-refractivity contribution in [1.82, 2.24) is 4.98 Å². The Hall–Kier alpha value is -2.69. The lowest BCUT2D eigenvalue weighted by Gasteiger charge is -2.04. The molecular weight excluding hydrogens is 262 g/mol. The summed E-state index contributed by atoms with van der Waals surface area (Å²) >= 11 is 0. The molecule has 3 nitrogen and oxygen atoms in total. The van der Waals surface area contributed by atoms with Gasteiger partial charge in [0.1, 0.15) is 17.3 Å². The molecule has 3 N–H and O–H groups in total. The molecule has 5 heteroatoms. The molecule has 0 aliphatic carbocycles. The Morgan fingerprint density at radius 3 is 2.55 bits per heavy atom. The highest BCUT2D eigenvalue weighted by atomic mass is 19.1. The normalized spacial score (nSPS) is 10.9. The molecule has 0 saturated heterocycles. The zero-order chi connectivity index (χ0) is 14.3. The number of hydrogen-bond donors (Lipinski definition) is 2. The Labute approximate surface area is 113 Å². The number of carbonyl (C=O) groups excluding carboxylic acids is 1. The van der Waals surface area contributed by atoms with E-state index in [1.807, 2.05) is 0 Å². The first-order chi connectivity index (χ1) is 9.58. The maximum absolute atomic E-state index is 14.0. The van der Waals surface area contributed by atoms with Gasteiger partial charge in [-0.2, -0.15) is 0 Å². The predicted molar refractivity (Wildman–Crippen MR) is 72.2 cm³/mol. The molecule has 3 rings (SSSR count). The zero-order valence-corrected chi connectivity index (χ0v) is 10.3. The van der Waals surface area contributed by atoms with Gasteiger partial charge in [-0.25, -0.2) is 8.78 Å². The van der Waals surface area contributed by atoms with E-state index in [2.05, 4.69) is 4.98 Å². The molecular formula is C15H10F2N2O. The minimum absolute atomic E-state index is 0.0655. The van der Waals surface area contributed by atoms with Gasteiger partial charge in [-0.15, -0.1) is 0 Å². The number of halogens is 2. The summed E-state index contributed by atoms with van der Waals surface area (Å²) in [5, 5.41) is 0.547. The first-order valence-electron chi connectivity index (χ1n) is 5.94. The quantitative estimate of drug-likeness (QED) is 0.739. The molecule has 0 atom stereocenters. The van der Waals surface area contributed by atoms with Crippen LogP contribution < -0.4 is 5.73 Å². The van der Waals surface area contributed by atoms with Gasteiger partial charge in [0.2, 0.25) is 0 Å². The van der Waals surface area contributed by atoms with Crippen LogP contribution in [0, 0.1) is 11.6 Å². The zero-order valence-electron chi connectivity index (χ0n) is 10.3. The van der Waals surface area contributed by atoms with Crippen LogP contribution in [0.1, 0.15) is 10.5 Å². The van der Waals surface area contributed by atoms with Gasteiger partial charge in [-0.1, -0.05) is 18.2 Å². The molecule has 2 aromatic carbocycles. The Kier molecular flexibility index (Phi) is 2.75. The van der Waals surface area contributed by atoms with Gasteiger partial charge in [0.05, 0.1) is 0 Å². The van der Waals surface area contributed by atoms with E-state index in [1.165, 1.54) is 24.3 Å². The number of aromatic amines is 1. The van der Waals surface area contributed by atoms with Gasteiger partial charge < -0.3 is 10.7 Å². The van der Waals surface area contributed by atoms with Gasteiger partial charge in [0.15, 0.2) is 0 Å². The SMILES string of the molecule is NC(=O)c1[nH]c2cc(F)ccc2c1-c1ccccc1F. The second kappa shape index (κ2) is 4.45. The van der Waals surface area contributed by atoms with Crippen LogP contribution >= 0.6 is 0 Å². The third-order valence-electron chi connectivity index (χ3n) is 3.15. The summed E-state index contributed by atoms with van der Waals surface area (Å²) in [5.74, 6) is -1.64. The number of amides is 1. The van der Waals surface area contributed by atoms with Crippen molar-refractivity contribution < 1.29 is 13.6 Å². The lowest BCUT2D eigenvalue weighted by Crippen LogP contribution is -2.12. The van der Waals surface area contributed by atoms with Crippen molar-refractivity contribution in [1.29, 1.82) is 0 Å². The maximum atomic E-state index is 14.0. The molecule has 0 fully saturated rings. The Balaban J connectivity index is 2.41. The van der Waals surface area contributed by atoms with Gasteiger partial charge >= 0.3 is 0 Å². The number of nitrogens with one attached hydrogen (secondary N) is 1. The van der Waals surface area contributed by atoms with Crippen molar-refractivity contribution in [2.45, 2.75) is 0 Å². The Bertz CT molecular complexity index is 824. The molecule has 0 aliphatic rings. The van der Waals surface area contributed by atoms with Crippen molar-refractivity contribution in [2.24, 2.45) is 5.73 Å². The van der Waals surface area contributed by atoms with E-state index < -0.39 is 17.5 Å². The second-order valence-corrected chi connectivity index (χ2v) is 4.41. The molecule has 0 unspecified atom stereocenters. The number of H-pyrrole nitrogens is 1. The lowest BCUT2D eigenvalue weighted by atomic mass is 10.0. The van der Waals surface area contributed by atoms with Gasteiger partial charge in [0, 0.05) is 22.0 Å². The summed E-state index contributed by atoms with van der Waals surface area (Å²) in [4.78, 5) is 14.3. The molecule has 20 heavy (non-hydrogen) atoms. The number of hydrogen-bond acceptors (Lipinski definition) is 1. The number of rotatable bonds is 2. The fraction of sp³-hybridized carbons (Fsp3) is 0. The van der Waals surface area contributed by atoms with E-state index in [4.69, 9.17) is 5.73 Å². The topological polar surface area (TPSA) is 58.9 Å². The van der Waals surface area contributed by atoms with Crippen LogP contribution in [0.15, 0.2) is 42.5 Å². The summed E-state index contributed by atoms with van der Waals surface area (Å²) in [6, 6.07) is 10.0. The van der Waals surface area contributed by atoms with Crippen LogP contribution in [-0.4, -0.2) is 10.9 Å². The number of primary amides is 1. The first-order valence-corrected chi connectivity index (χ1v) is 5.94. The molecule has 0 aliphatic heterocycles. The Morgan fingerprint density at radius 1 is 1.10 bits per heavy atom. The second-order valence-electron chi connectivity index (χ2n) is 4.41. The highest BCUT2D eigenvalue weighted by Gasteiger charge is 2.19. The third-order valence-corrected chi connectivity index (χ3v) is 3.15. The van der Waals surface area contributed by atoms with Crippen LogP contribution in [0.3, 0.4) is 0 Å². The van der Waals surface area contributed by atoms with Crippen LogP contribution in [0.5, 0.6) is 0 Å². The summed E-state index contributed by atoms with van der Waals surface area (Å²) < 4.78 is 27.2. The van der Waals surface area contributed by atoms with Crippen molar-refractivity contribution in [3.8, 4) is 11.1 Å². The molecule has 0 spiro atoms. The van der Waals surface area contributed by atoms with Gasteiger partial charge in [-0.3, -0.25) is 4.79 Å². The number of fused-ring (bicyclic) bond motifs is 1. The highest BCUT2D eigenvalue weighted by molar-refractivity contribution is 6.09. The average Bonchev–Trinajstić information content (AvgIpc) is 2.78. The van der Waals surface area contributed by atoms with Gasteiger partial charge in [0.25, 0.3) is 5.91 Å². The highest BCUT2D eigenvalue weighted by Crippen LogP contribution is 2.34. The molecule has 1 heterocycles. The van der Waals surface area contributed by atoms with Crippen molar-refractivity contribution in [3.05, 3.63) is 59.8 Å². The monoisotopic (exact) mass is 272 g/mol.